The third-order valence-corrected chi connectivity index (χ3v) is 6.24. The Hall–Kier alpha value is -2.45. The number of fused-ring (bicyclic) bond motifs is 1. The lowest BCUT2D eigenvalue weighted by Crippen LogP contribution is -2.15. The summed E-state index contributed by atoms with van der Waals surface area (Å²) >= 11 is 3.03. The summed E-state index contributed by atoms with van der Waals surface area (Å²) in [6, 6.07) is 16.9. The fraction of sp³-hybridized carbons (Fsp3) is 0.100. The van der Waals surface area contributed by atoms with Crippen molar-refractivity contribution in [2.45, 2.75) is 12.2 Å². The minimum atomic E-state index is -5.66. The molecule has 6 nitrogen and oxygen atoms in total. The first kappa shape index (κ1) is 20.8. The summed E-state index contributed by atoms with van der Waals surface area (Å²) in [5.41, 5.74) is -2.13. The number of aromatic nitrogens is 3. The van der Waals surface area contributed by atoms with Crippen LogP contribution in [0.4, 0.5) is 8.78 Å². The second kappa shape index (κ2) is 7.67. The van der Waals surface area contributed by atoms with E-state index in [4.69, 9.17) is 9.79 Å². The first-order valence-electron chi connectivity index (χ1n) is 8.77. The van der Waals surface area contributed by atoms with Crippen LogP contribution in [-0.4, -0.2) is 24.3 Å². The summed E-state index contributed by atoms with van der Waals surface area (Å²) in [6.45, 7) is 0.298. The Morgan fingerprint density at radius 2 is 1.80 bits per heavy atom. The van der Waals surface area contributed by atoms with Crippen LogP contribution >= 0.6 is 23.5 Å². The molecule has 0 unspecified atom stereocenters. The molecule has 0 saturated carbocycles. The molecular weight excluding hydrogens is 479 g/mol. The molecule has 30 heavy (non-hydrogen) atoms. The molecule has 2 heterocycles. The van der Waals surface area contributed by atoms with E-state index in [0.29, 0.717) is 23.6 Å². The number of halogens is 3. The van der Waals surface area contributed by atoms with Gasteiger partial charge in [-0.05, 0) is 35.9 Å². The zero-order valence-corrected chi connectivity index (χ0v) is 17.8. The van der Waals surface area contributed by atoms with Crippen molar-refractivity contribution in [2.75, 3.05) is 0 Å². The molecule has 4 aromatic rings. The number of benzene rings is 2. The molecule has 0 fully saturated rings. The van der Waals surface area contributed by atoms with Crippen LogP contribution < -0.4 is 0 Å². The summed E-state index contributed by atoms with van der Waals surface area (Å²) in [5, 5.41) is 0. The summed E-state index contributed by atoms with van der Waals surface area (Å²) in [5.74, 6) is 0.623. The topological polar surface area (TPSA) is 88.2 Å². The summed E-state index contributed by atoms with van der Waals surface area (Å²) in [7, 11) is -5.66. The molecular formula is C20H15BrF2N3O3P. The largest absolute Gasteiger partial charge is 0.399 e. The Bertz CT molecular complexity index is 1280. The number of rotatable bonds is 5. The average Bonchev–Trinajstić information content (AvgIpc) is 3.06. The van der Waals surface area contributed by atoms with Crippen LogP contribution in [0.1, 0.15) is 11.1 Å². The van der Waals surface area contributed by atoms with Gasteiger partial charge in [0.05, 0.1) is 11.0 Å². The van der Waals surface area contributed by atoms with Crippen LogP contribution in [0.5, 0.6) is 0 Å². The van der Waals surface area contributed by atoms with E-state index in [0.717, 1.165) is 17.1 Å². The number of pyridine rings is 1. The van der Waals surface area contributed by atoms with E-state index in [1.807, 2.05) is 41.0 Å². The van der Waals surface area contributed by atoms with Gasteiger partial charge in [-0.15, -0.1) is 0 Å². The number of alkyl halides is 2. The van der Waals surface area contributed by atoms with Gasteiger partial charge < -0.3 is 14.4 Å². The number of nitrogens with zero attached hydrogens (tertiary/aromatic N) is 3. The van der Waals surface area contributed by atoms with Gasteiger partial charge in [0.25, 0.3) is 0 Å². The van der Waals surface area contributed by atoms with Crippen molar-refractivity contribution in [3.63, 3.8) is 0 Å². The van der Waals surface area contributed by atoms with Gasteiger partial charge in [-0.25, -0.2) is 4.98 Å². The van der Waals surface area contributed by atoms with E-state index >= 15 is 0 Å². The van der Waals surface area contributed by atoms with Crippen LogP contribution in [0.15, 0.2) is 71.3 Å². The maximum atomic E-state index is 14.1. The zero-order valence-electron chi connectivity index (χ0n) is 15.3. The lowest BCUT2D eigenvalue weighted by molar-refractivity contribution is 0.0557. The highest BCUT2D eigenvalue weighted by atomic mass is 79.9. The molecule has 0 spiro atoms. The van der Waals surface area contributed by atoms with Crippen LogP contribution in [0.2, 0.25) is 0 Å². The maximum absolute atomic E-state index is 14.1. The SMILES string of the molecule is O=P(O)(O)C(F)(F)c1ccc(Cn2c(-c3ccccn3)nc3ccccc32)cc1Br. The fourth-order valence-electron chi connectivity index (χ4n) is 3.17. The maximum Gasteiger partial charge on any atom is 0.399 e. The van der Waals surface area contributed by atoms with Crippen molar-refractivity contribution in [2.24, 2.45) is 0 Å². The lowest BCUT2D eigenvalue weighted by Gasteiger charge is -2.20. The summed E-state index contributed by atoms with van der Waals surface area (Å²) in [6.07, 6.45) is 1.66. The van der Waals surface area contributed by atoms with Gasteiger partial charge in [0, 0.05) is 22.8 Å². The van der Waals surface area contributed by atoms with Crippen LogP contribution in [0.25, 0.3) is 22.6 Å². The smallest absolute Gasteiger partial charge is 0.320 e. The minimum absolute atomic E-state index is 0.0860. The van der Waals surface area contributed by atoms with Crippen LogP contribution in [0, 0.1) is 0 Å². The summed E-state index contributed by atoms with van der Waals surface area (Å²) < 4.78 is 41.2. The van der Waals surface area contributed by atoms with Crippen molar-refractivity contribution in [3.8, 4) is 11.5 Å². The third-order valence-electron chi connectivity index (χ3n) is 4.61. The van der Waals surface area contributed by atoms with Gasteiger partial charge in [0.1, 0.15) is 5.69 Å². The lowest BCUT2D eigenvalue weighted by atomic mass is 10.1. The molecule has 154 valence electrons. The Balaban J connectivity index is 1.79. The highest BCUT2D eigenvalue weighted by Crippen LogP contribution is 2.60. The first-order chi connectivity index (χ1) is 14.2. The van der Waals surface area contributed by atoms with Crippen LogP contribution in [0.3, 0.4) is 0 Å². The monoisotopic (exact) mass is 493 g/mol. The average molecular weight is 494 g/mol. The molecule has 0 atom stereocenters. The summed E-state index contributed by atoms with van der Waals surface area (Å²) in [4.78, 5) is 27.0. The first-order valence-corrected chi connectivity index (χ1v) is 11.2. The van der Waals surface area contributed by atoms with E-state index in [1.54, 1.807) is 12.3 Å². The Morgan fingerprint density at radius 3 is 2.47 bits per heavy atom. The number of imidazole rings is 1. The molecule has 0 bridgehead atoms. The Morgan fingerprint density at radius 1 is 1.07 bits per heavy atom. The van der Waals surface area contributed by atoms with Crippen molar-refractivity contribution in [1.29, 1.82) is 0 Å². The third kappa shape index (κ3) is 3.70. The second-order valence-electron chi connectivity index (χ2n) is 6.62. The molecule has 2 aromatic heterocycles. The molecule has 0 aliphatic rings. The number of hydrogen-bond acceptors (Lipinski definition) is 3. The zero-order chi connectivity index (χ0) is 21.5. The van der Waals surface area contributed by atoms with Gasteiger partial charge >= 0.3 is 13.3 Å². The quantitative estimate of drug-likeness (QED) is 0.376. The molecule has 2 N–H and O–H groups in total. The Kier molecular flexibility index (Phi) is 5.32. The molecule has 0 aliphatic heterocycles. The fourth-order valence-corrected chi connectivity index (χ4v) is 4.50. The van der Waals surface area contributed by atoms with E-state index in [9.17, 15) is 13.3 Å². The molecule has 0 radical (unpaired) electrons. The minimum Gasteiger partial charge on any atom is -0.320 e. The van der Waals surface area contributed by atoms with Crippen molar-refractivity contribution in [1.82, 2.24) is 14.5 Å². The van der Waals surface area contributed by atoms with Gasteiger partial charge in [-0.3, -0.25) is 9.55 Å². The molecule has 0 saturated heterocycles. The molecule has 10 heteroatoms. The molecule has 0 aliphatic carbocycles. The highest BCUT2D eigenvalue weighted by Gasteiger charge is 2.51. The molecule has 2 aromatic carbocycles. The second-order valence-corrected chi connectivity index (χ2v) is 9.13. The predicted molar refractivity (Wildman–Crippen MR) is 112 cm³/mol. The standard InChI is InChI=1S/C20H15BrF2N3O3P/c21-15-11-13(8-9-14(15)20(22,23)30(27,28)29)12-26-18-7-2-1-5-16(18)25-19(26)17-6-3-4-10-24-17/h1-11H,12H2,(H2,27,28,29). The Labute approximate surface area is 178 Å². The van der Waals surface area contributed by atoms with E-state index in [2.05, 4.69) is 25.9 Å². The number of hydrogen-bond donors (Lipinski definition) is 2. The normalized spacial score (nSPS) is 12.4. The van der Waals surface area contributed by atoms with Crippen molar-refractivity contribution >= 4 is 34.6 Å². The molecule has 0 amide bonds. The van der Waals surface area contributed by atoms with Gasteiger partial charge in [-0.2, -0.15) is 8.78 Å². The van der Waals surface area contributed by atoms with E-state index in [1.165, 1.54) is 12.1 Å². The van der Waals surface area contributed by atoms with Crippen molar-refractivity contribution < 1.29 is 23.1 Å². The number of para-hydroxylation sites is 2. The molecule has 4 rings (SSSR count). The predicted octanol–water partition coefficient (Wildman–Crippen LogP) is 5.14. The van der Waals surface area contributed by atoms with Crippen molar-refractivity contribution in [3.05, 3.63) is 82.5 Å². The van der Waals surface area contributed by atoms with Crippen LogP contribution in [-0.2, 0) is 16.8 Å². The van der Waals surface area contributed by atoms with Gasteiger partial charge in [-0.1, -0.05) is 46.3 Å². The van der Waals surface area contributed by atoms with E-state index < -0.39 is 18.8 Å². The highest BCUT2D eigenvalue weighted by molar-refractivity contribution is 9.10. The van der Waals surface area contributed by atoms with Gasteiger partial charge in [0.15, 0.2) is 5.82 Å². The van der Waals surface area contributed by atoms with Gasteiger partial charge in [0.2, 0.25) is 0 Å². The van der Waals surface area contributed by atoms with E-state index in [-0.39, 0.29) is 4.47 Å².